The molecule has 136 valence electrons. The lowest BCUT2D eigenvalue weighted by Gasteiger charge is -2.33. The molecule has 1 saturated heterocycles. The number of rotatable bonds is 4. The zero-order valence-electron chi connectivity index (χ0n) is 14.4. The second-order valence-electron chi connectivity index (χ2n) is 6.40. The van der Waals surface area contributed by atoms with Crippen molar-refractivity contribution >= 4 is 50.6 Å². The minimum atomic E-state index is -0.138. The number of carbonyl (C=O) groups excluding carboxylic acids is 1. The van der Waals surface area contributed by atoms with Crippen LogP contribution in [0.5, 0.6) is 0 Å². The van der Waals surface area contributed by atoms with Crippen LogP contribution >= 0.6 is 34.4 Å². The van der Waals surface area contributed by atoms with E-state index in [0.717, 1.165) is 34.7 Å². The number of hydrogen-bond acceptors (Lipinski definition) is 6. The van der Waals surface area contributed by atoms with Crippen LogP contribution < -0.4 is 5.56 Å². The van der Waals surface area contributed by atoms with Crippen molar-refractivity contribution in [3.8, 4) is 10.4 Å². The van der Waals surface area contributed by atoms with Gasteiger partial charge in [0, 0.05) is 28.4 Å². The highest BCUT2D eigenvalue weighted by Gasteiger charge is 2.23. The third-order valence-corrected chi connectivity index (χ3v) is 7.30. The molecule has 1 N–H and O–H groups in total. The molecular formula is C18H19N3O2S3. The van der Waals surface area contributed by atoms with Crippen molar-refractivity contribution in [2.45, 2.75) is 37.4 Å². The average Bonchev–Trinajstić information content (AvgIpc) is 3.29. The lowest BCUT2D eigenvalue weighted by molar-refractivity contribution is -0.131. The van der Waals surface area contributed by atoms with E-state index in [1.807, 2.05) is 27.8 Å². The third-order valence-electron chi connectivity index (χ3n) is 4.66. The molecule has 1 aliphatic heterocycles. The summed E-state index contributed by atoms with van der Waals surface area (Å²) >= 11 is 4.39. The van der Waals surface area contributed by atoms with Crippen LogP contribution in [0.3, 0.4) is 0 Å². The molecule has 3 aromatic heterocycles. The highest BCUT2D eigenvalue weighted by Crippen LogP contribution is 2.34. The topological polar surface area (TPSA) is 66.1 Å². The number of H-pyrrole nitrogens is 1. The number of thiophene rings is 2. The molecule has 0 aliphatic carbocycles. The normalized spacial score (nSPS) is 17.7. The molecule has 1 atom stereocenters. The van der Waals surface area contributed by atoms with Gasteiger partial charge in [0.25, 0.3) is 5.56 Å². The fourth-order valence-corrected chi connectivity index (χ4v) is 5.86. The van der Waals surface area contributed by atoms with Crippen molar-refractivity contribution in [3.63, 3.8) is 0 Å². The highest BCUT2D eigenvalue weighted by molar-refractivity contribution is 7.99. The van der Waals surface area contributed by atoms with E-state index in [9.17, 15) is 9.59 Å². The fraction of sp³-hybridized carbons (Fsp3) is 0.389. The minimum Gasteiger partial charge on any atom is -0.339 e. The molecule has 1 aliphatic rings. The zero-order chi connectivity index (χ0) is 18.1. The lowest BCUT2D eigenvalue weighted by Crippen LogP contribution is -2.43. The summed E-state index contributed by atoms with van der Waals surface area (Å²) in [5.41, 5.74) is 0.796. The molecule has 4 rings (SSSR count). The maximum Gasteiger partial charge on any atom is 0.260 e. The number of amides is 1. The van der Waals surface area contributed by atoms with Crippen LogP contribution in [0, 0.1) is 0 Å². The van der Waals surface area contributed by atoms with Crippen molar-refractivity contribution in [2.24, 2.45) is 0 Å². The van der Waals surface area contributed by atoms with E-state index in [1.165, 1.54) is 29.5 Å². The first-order chi connectivity index (χ1) is 12.6. The first-order valence-corrected chi connectivity index (χ1v) is 11.4. The summed E-state index contributed by atoms with van der Waals surface area (Å²) in [6.45, 7) is 2.93. The van der Waals surface area contributed by atoms with Gasteiger partial charge >= 0.3 is 0 Å². The van der Waals surface area contributed by atoms with E-state index < -0.39 is 0 Å². The van der Waals surface area contributed by atoms with Crippen molar-refractivity contribution in [1.29, 1.82) is 0 Å². The maximum atomic E-state index is 12.6. The van der Waals surface area contributed by atoms with Gasteiger partial charge in [-0.25, -0.2) is 4.98 Å². The number of aromatic nitrogens is 2. The van der Waals surface area contributed by atoms with E-state index in [1.54, 1.807) is 11.3 Å². The van der Waals surface area contributed by atoms with Gasteiger partial charge in [-0.15, -0.1) is 22.7 Å². The standard InChI is InChI=1S/C18H19N3O2S3/c1-11-5-2-3-7-21(11)14(22)10-26-18-19-16(23)15-12(9-25-17(15)20-18)13-6-4-8-24-13/h4,6,8-9,11H,2-3,5,7,10H2,1H3,(H,19,20,23)/t11-/m0/s1. The van der Waals surface area contributed by atoms with Gasteiger partial charge in [0.05, 0.1) is 11.1 Å². The number of carbonyl (C=O) groups is 1. The SMILES string of the molecule is C[C@H]1CCCCN1C(=O)CSc1nc2scc(-c3cccs3)c2c(=O)[nH]1. The average molecular weight is 406 g/mol. The quantitative estimate of drug-likeness (QED) is 0.522. The summed E-state index contributed by atoms with van der Waals surface area (Å²) in [5, 5.41) is 5.13. The third kappa shape index (κ3) is 3.45. The van der Waals surface area contributed by atoms with Gasteiger partial charge < -0.3 is 9.88 Å². The highest BCUT2D eigenvalue weighted by atomic mass is 32.2. The van der Waals surface area contributed by atoms with Crippen LogP contribution in [-0.4, -0.2) is 39.1 Å². The molecule has 0 radical (unpaired) electrons. The molecule has 0 spiro atoms. The first-order valence-electron chi connectivity index (χ1n) is 8.61. The van der Waals surface area contributed by atoms with E-state index in [2.05, 4.69) is 16.9 Å². The number of piperidine rings is 1. The lowest BCUT2D eigenvalue weighted by atomic mass is 10.0. The van der Waals surface area contributed by atoms with E-state index in [-0.39, 0.29) is 11.5 Å². The van der Waals surface area contributed by atoms with Gasteiger partial charge in [-0.05, 0) is 37.6 Å². The second-order valence-corrected chi connectivity index (χ2v) is 9.17. The van der Waals surface area contributed by atoms with Crippen molar-refractivity contribution in [1.82, 2.24) is 14.9 Å². The van der Waals surface area contributed by atoms with Crippen molar-refractivity contribution in [2.75, 3.05) is 12.3 Å². The van der Waals surface area contributed by atoms with E-state index in [0.29, 0.717) is 22.3 Å². The van der Waals surface area contributed by atoms with Gasteiger partial charge in [0.2, 0.25) is 5.91 Å². The summed E-state index contributed by atoms with van der Waals surface area (Å²) in [5.74, 6) is 0.428. The largest absolute Gasteiger partial charge is 0.339 e. The Bertz CT molecular complexity index is 977. The monoisotopic (exact) mass is 405 g/mol. The Kier molecular flexibility index (Phi) is 5.15. The summed E-state index contributed by atoms with van der Waals surface area (Å²) in [4.78, 5) is 36.2. The predicted molar refractivity (Wildman–Crippen MR) is 109 cm³/mol. The van der Waals surface area contributed by atoms with Crippen LogP contribution in [-0.2, 0) is 4.79 Å². The molecular weight excluding hydrogens is 386 g/mol. The molecule has 3 aromatic rings. The molecule has 1 fully saturated rings. The molecule has 0 aromatic carbocycles. The van der Waals surface area contributed by atoms with Crippen LogP contribution in [0.15, 0.2) is 32.8 Å². The molecule has 4 heterocycles. The van der Waals surface area contributed by atoms with Gasteiger partial charge in [-0.2, -0.15) is 0 Å². The number of hydrogen-bond donors (Lipinski definition) is 1. The smallest absolute Gasteiger partial charge is 0.260 e. The van der Waals surface area contributed by atoms with Crippen LogP contribution in [0.2, 0.25) is 0 Å². The van der Waals surface area contributed by atoms with Crippen molar-refractivity contribution in [3.05, 3.63) is 33.2 Å². The molecule has 5 nitrogen and oxygen atoms in total. The Hall–Kier alpha value is -1.64. The van der Waals surface area contributed by atoms with E-state index >= 15 is 0 Å². The number of thioether (sulfide) groups is 1. The van der Waals surface area contributed by atoms with Gasteiger partial charge in [-0.3, -0.25) is 9.59 Å². The molecule has 0 saturated carbocycles. The zero-order valence-corrected chi connectivity index (χ0v) is 16.8. The van der Waals surface area contributed by atoms with Gasteiger partial charge in [0.1, 0.15) is 4.83 Å². The summed E-state index contributed by atoms with van der Waals surface area (Å²) in [7, 11) is 0. The molecule has 1 amide bonds. The van der Waals surface area contributed by atoms with Gasteiger partial charge in [-0.1, -0.05) is 17.8 Å². The Morgan fingerprint density at radius 1 is 1.42 bits per heavy atom. The number of aromatic amines is 1. The molecule has 0 unspecified atom stereocenters. The van der Waals surface area contributed by atoms with Crippen LogP contribution in [0.4, 0.5) is 0 Å². The molecule has 8 heteroatoms. The molecule has 26 heavy (non-hydrogen) atoms. The predicted octanol–water partition coefficient (Wildman–Crippen LogP) is 4.21. The minimum absolute atomic E-state index is 0.121. The summed E-state index contributed by atoms with van der Waals surface area (Å²) < 4.78 is 0. The Labute approximate surface area is 163 Å². The second kappa shape index (κ2) is 7.54. The Morgan fingerprint density at radius 2 is 2.31 bits per heavy atom. The number of likely N-dealkylation sites (tertiary alicyclic amines) is 1. The van der Waals surface area contributed by atoms with Crippen molar-refractivity contribution < 1.29 is 4.79 Å². The van der Waals surface area contributed by atoms with Crippen LogP contribution in [0.1, 0.15) is 26.2 Å². The summed E-state index contributed by atoms with van der Waals surface area (Å²) in [6.07, 6.45) is 3.33. The number of nitrogens with zero attached hydrogens (tertiary/aromatic N) is 2. The fourth-order valence-electron chi connectivity index (χ4n) is 3.29. The molecule has 0 bridgehead atoms. The van der Waals surface area contributed by atoms with E-state index in [4.69, 9.17) is 0 Å². The van der Waals surface area contributed by atoms with Gasteiger partial charge in [0.15, 0.2) is 5.16 Å². The van der Waals surface area contributed by atoms with Crippen LogP contribution in [0.25, 0.3) is 20.7 Å². The number of fused-ring (bicyclic) bond motifs is 1. The maximum absolute atomic E-state index is 12.6. The Morgan fingerprint density at radius 3 is 3.08 bits per heavy atom. The number of nitrogens with one attached hydrogen (secondary N) is 1. The first kappa shape index (κ1) is 17.8. The Balaban J connectivity index is 1.53. The summed E-state index contributed by atoms with van der Waals surface area (Å²) in [6, 6.07) is 4.28.